The van der Waals surface area contributed by atoms with Gasteiger partial charge in [0.1, 0.15) is 30.3 Å². The van der Waals surface area contributed by atoms with Gasteiger partial charge < -0.3 is 15.4 Å². The Morgan fingerprint density at radius 1 is 1.05 bits per heavy atom. The van der Waals surface area contributed by atoms with Crippen molar-refractivity contribution in [2.24, 2.45) is 0 Å². The molecule has 204 valence electrons. The van der Waals surface area contributed by atoms with Gasteiger partial charge in [-0.05, 0) is 72.9 Å². The molecule has 2 N–H and O–H groups in total. The summed E-state index contributed by atoms with van der Waals surface area (Å²) >= 11 is 6.07. The van der Waals surface area contributed by atoms with Crippen LogP contribution in [-0.2, 0) is 13.0 Å². The van der Waals surface area contributed by atoms with Crippen LogP contribution < -0.4 is 15.4 Å². The molecule has 0 amide bonds. The number of anilines is 2. The van der Waals surface area contributed by atoms with Crippen LogP contribution in [0.15, 0.2) is 60.9 Å². The number of nitrogens with two attached hydrogens (primary N) is 1. The maximum Gasteiger partial charge on any atom is 0.393 e. The fourth-order valence-corrected chi connectivity index (χ4v) is 5.80. The van der Waals surface area contributed by atoms with E-state index in [-0.39, 0.29) is 29.2 Å². The predicted octanol–water partition coefficient (Wildman–Crippen LogP) is 7.69. The van der Waals surface area contributed by atoms with Gasteiger partial charge in [-0.3, -0.25) is 0 Å². The van der Waals surface area contributed by atoms with Gasteiger partial charge >= 0.3 is 6.18 Å². The predicted molar refractivity (Wildman–Crippen MR) is 149 cm³/mol. The third-order valence-electron chi connectivity index (χ3n) is 7.25. The quantitative estimate of drug-likeness (QED) is 0.265. The van der Waals surface area contributed by atoms with E-state index in [2.05, 4.69) is 53.8 Å². The Balaban J connectivity index is 1.36. The lowest BCUT2D eigenvalue weighted by Gasteiger charge is -2.42. The highest BCUT2D eigenvalue weighted by Gasteiger charge is 2.35. The van der Waals surface area contributed by atoms with E-state index in [4.69, 9.17) is 22.1 Å². The molecule has 3 aromatic carbocycles. The van der Waals surface area contributed by atoms with Crippen molar-refractivity contribution >= 4 is 34.0 Å². The second kappa shape index (κ2) is 10.6. The van der Waals surface area contributed by atoms with E-state index in [0.29, 0.717) is 23.2 Å². The number of rotatable bonds is 6. The van der Waals surface area contributed by atoms with Crippen LogP contribution in [0.2, 0.25) is 5.02 Å². The molecule has 1 aliphatic heterocycles. The number of aromatic nitrogens is 2. The average molecular weight is 555 g/mol. The first-order valence-electron chi connectivity index (χ1n) is 12.9. The maximum atomic E-state index is 12.7. The minimum atomic E-state index is -4.31. The monoisotopic (exact) mass is 554 g/mol. The summed E-state index contributed by atoms with van der Waals surface area (Å²) in [5, 5.41) is 2.16. The van der Waals surface area contributed by atoms with E-state index in [1.54, 1.807) is 6.07 Å². The van der Waals surface area contributed by atoms with Crippen LogP contribution in [-0.4, -0.2) is 28.2 Å². The molecule has 5 rings (SSSR count). The SMILES string of the molecule is CC(C)N1c2ncnc(N)c2C(c2ccc3cc(OCc4ccc(CC(F)(F)F)c(Cl)c4)ccc3c2)CC1C. The van der Waals surface area contributed by atoms with Crippen molar-refractivity contribution in [3.63, 3.8) is 0 Å². The Kier molecular flexibility index (Phi) is 7.33. The lowest BCUT2D eigenvalue weighted by atomic mass is 9.81. The molecule has 2 heterocycles. The highest BCUT2D eigenvalue weighted by Crippen LogP contribution is 2.44. The van der Waals surface area contributed by atoms with Gasteiger partial charge in [-0.2, -0.15) is 13.2 Å². The van der Waals surface area contributed by atoms with Gasteiger partial charge in [0.25, 0.3) is 0 Å². The van der Waals surface area contributed by atoms with Crippen molar-refractivity contribution in [3.8, 4) is 5.75 Å². The van der Waals surface area contributed by atoms with Gasteiger partial charge in [0.2, 0.25) is 0 Å². The fourth-order valence-electron chi connectivity index (χ4n) is 5.53. The molecule has 0 aliphatic carbocycles. The van der Waals surface area contributed by atoms with Gasteiger partial charge in [0.15, 0.2) is 0 Å². The third kappa shape index (κ3) is 5.76. The molecule has 4 aromatic rings. The Hall–Kier alpha value is -3.52. The number of fused-ring (bicyclic) bond motifs is 2. The Bertz CT molecular complexity index is 1510. The largest absolute Gasteiger partial charge is 0.489 e. The molecule has 1 aliphatic rings. The number of nitrogen functional groups attached to an aromatic ring is 1. The number of hydrogen-bond acceptors (Lipinski definition) is 5. The molecule has 9 heteroatoms. The zero-order valence-corrected chi connectivity index (χ0v) is 22.7. The average Bonchev–Trinajstić information content (AvgIpc) is 2.87. The lowest BCUT2D eigenvalue weighted by molar-refractivity contribution is -0.127. The van der Waals surface area contributed by atoms with Crippen molar-refractivity contribution in [3.05, 3.63) is 88.2 Å². The summed E-state index contributed by atoms with van der Waals surface area (Å²) in [4.78, 5) is 11.2. The molecule has 2 atom stereocenters. The number of alkyl halides is 3. The Morgan fingerprint density at radius 2 is 1.79 bits per heavy atom. The summed E-state index contributed by atoms with van der Waals surface area (Å²) in [6.45, 7) is 6.73. The van der Waals surface area contributed by atoms with Gasteiger partial charge in [0.05, 0.1) is 6.42 Å². The summed E-state index contributed by atoms with van der Waals surface area (Å²) in [7, 11) is 0. The Labute approximate surface area is 230 Å². The van der Waals surface area contributed by atoms with Crippen LogP contribution in [0.1, 0.15) is 55.4 Å². The lowest BCUT2D eigenvalue weighted by Crippen LogP contribution is -2.44. The van der Waals surface area contributed by atoms with Crippen molar-refractivity contribution in [2.45, 2.75) is 64.4 Å². The van der Waals surface area contributed by atoms with Crippen LogP contribution in [0, 0.1) is 0 Å². The fraction of sp³-hybridized carbons (Fsp3) is 0.333. The molecule has 39 heavy (non-hydrogen) atoms. The number of benzene rings is 3. The van der Waals surface area contributed by atoms with Crippen molar-refractivity contribution < 1.29 is 17.9 Å². The molecule has 1 aromatic heterocycles. The standard InChI is InChI=1S/C30H30ClF3N4O/c1-17(2)38-18(3)10-25(27-28(35)36-16-37-29(27)38)22-7-6-21-13-24(9-8-20(21)12-22)39-15-19-4-5-23(26(31)11-19)14-30(32,33)34/h4-9,11-13,16-18,25H,10,14-15H2,1-3H3,(H2,35,36,37). The highest BCUT2D eigenvalue weighted by atomic mass is 35.5. The van der Waals surface area contributed by atoms with E-state index in [9.17, 15) is 13.2 Å². The van der Waals surface area contributed by atoms with Crippen molar-refractivity contribution in [1.29, 1.82) is 0 Å². The van der Waals surface area contributed by atoms with E-state index in [1.165, 1.54) is 18.5 Å². The van der Waals surface area contributed by atoms with Crippen molar-refractivity contribution in [2.75, 3.05) is 10.6 Å². The molecular weight excluding hydrogens is 525 g/mol. The minimum absolute atomic E-state index is 0.0506. The van der Waals surface area contributed by atoms with Crippen LogP contribution in [0.3, 0.4) is 0 Å². The zero-order chi connectivity index (χ0) is 27.9. The number of halogens is 4. The topological polar surface area (TPSA) is 64.3 Å². The molecule has 0 spiro atoms. The second-order valence-corrected chi connectivity index (χ2v) is 10.8. The first-order valence-corrected chi connectivity index (χ1v) is 13.3. The number of nitrogens with zero attached hydrogens (tertiary/aromatic N) is 3. The molecule has 2 unspecified atom stereocenters. The number of hydrogen-bond donors (Lipinski definition) is 1. The van der Waals surface area contributed by atoms with E-state index < -0.39 is 12.6 Å². The van der Waals surface area contributed by atoms with Crippen molar-refractivity contribution in [1.82, 2.24) is 9.97 Å². The number of ether oxygens (including phenoxy) is 1. The third-order valence-corrected chi connectivity index (χ3v) is 7.60. The van der Waals surface area contributed by atoms with Crippen LogP contribution in [0.25, 0.3) is 10.8 Å². The minimum Gasteiger partial charge on any atom is -0.489 e. The smallest absolute Gasteiger partial charge is 0.393 e. The summed E-state index contributed by atoms with van der Waals surface area (Å²) in [6.07, 6.45) is -2.92. The van der Waals surface area contributed by atoms with E-state index in [1.807, 2.05) is 18.2 Å². The normalized spacial score (nSPS) is 17.5. The first kappa shape index (κ1) is 27.1. The molecule has 0 saturated heterocycles. The second-order valence-electron chi connectivity index (χ2n) is 10.4. The van der Waals surface area contributed by atoms with Crippen LogP contribution in [0.5, 0.6) is 5.75 Å². The Morgan fingerprint density at radius 3 is 2.51 bits per heavy atom. The zero-order valence-electron chi connectivity index (χ0n) is 22.0. The van der Waals surface area contributed by atoms with E-state index in [0.717, 1.165) is 34.1 Å². The van der Waals surface area contributed by atoms with E-state index >= 15 is 0 Å². The summed E-state index contributed by atoms with van der Waals surface area (Å²) in [5.41, 5.74) is 9.26. The van der Waals surface area contributed by atoms with Crippen LogP contribution >= 0.6 is 11.6 Å². The maximum absolute atomic E-state index is 12.7. The first-order chi connectivity index (χ1) is 18.5. The summed E-state index contributed by atoms with van der Waals surface area (Å²) < 4.78 is 44.0. The molecule has 0 radical (unpaired) electrons. The molecule has 5 nitrogen and oxygen atoms in total. The van der Waals surface area contributed by atoms with Gasteiger partial charge in [-0.15, -0.1) is 0 Å². The molecule has 0 fully saturated rings. The molecular formula is C30H30ClF3N4O. The highest BCUT2D eigenvalue weighted by molar-refractivity contribution is 6.31. The molecule has 0 saturated carbocycles. The summed E-state index contributed by atoms with van der Waals surface area (Å²) in [6, 6.07) is 17.3. The summed E-state index contributed by atoms with van der Waals surface area (Å²) in [5.74, 6) is 2.15. The van der Waals surface area contributed by atoms with Crippen LogP contribution in [0.4, 0.5) is 24.8 Å². The molecule has 0 bridgehead atoms. The van der Waals surface area contributed by atoms with Gasteiger partial charge in [-0.1, -0.05) is 48.0 Å². The van der Waals surface area contributed by atoms with Gasteiger partial charge in [0, 0.05) is 28.6 Å². The van der Waals surface area contributed by atoms with Gasteiger partial charge in [-0.25, -0.2) is 9.97 Å².